The first-order valence-corrected chi connectivity index (χ1v) is 6.23. The molecule has 0 aromatic rings. The fourth-order valence-electron chi connectivity index (χ4n) is 2.19. The summed E-state index contributed by atoms with van der Waals surface area (Å²) >= 11 is 0. The molecule has 0 spiro atoms. The standard InChI is InChI=1S/C12H23NO2/c1-3-5-8-11-9-6-7-10-13(11)12(14)15-4-2/h11H,3-10H2,1-2H3/t11-/m0/s1. The van der Waals surface area contributed by atoms with Crippen LogP contribution < -0.4 is 0 Å². The largest absolute Gasteiger partial charge is 0.450 e. The van der Waals surface area contributed by atoms with Crippen molar-refractivity contribution in [2.24, 2.45) is 0 Å². The first kappa shape index (κ1) is 12.3. The third-order valence-electron chi connectivity index (χ3n) is 3.02. The SMILES string of the molecule is CCCC[C@H]1CCCCN1C(=O)OCC. The summed E-state index contributed by atoms with van der Waals surface area (Å²) in [5.74, 6) is 0. The van der Waals surface area contributed by atoms with Crippen molar-refractivity contribution < 1.29 is 9.53 Å². The highest BCUT2D eigenvalue weighted by Crippen LogP contribution is 2.22. The molecule has 0 radical (unpaired) electrons. The molecule has 0 aliphatic carbocycles. The Morgan fingerprint density at radius 3 is 2.87 bits per heavy atom. The van der Waals surface area contributed by atoms with Crippen LogP contribution in [0.25, 0.3) is 0 Å². The first-order chi connectivity index (χ1) is 7.29. The van der Waals surface area contributed by atoms with Gasteiger partial charge < -0.3 is 9.64 Å². The fourth-order valence-corrected chi connectivity index (χ4v) is 2.19. The molecule has 0 saturated carbocycles. The van der Waals surface area contributed by atoms with E-state index in [1.54, 1.807) is 0 Å². The van der Waals surface area contributed by atoms with Gasteiger partial charge in [0, 0.05) is 12.6 Å². The van der Waals surface area contributed by atoms with Gasteiger partial charge in [-0.05, 0) is 32.6 Å². The Morgan fingerprint density at radius 2 is 2.20 bits per heavy atom. The number of hydrogen-bond acceptors (Lipinski definition) is 2. The minimum absolute atomic E-state index is 0.113. The van der Waals surface area contributed by atoms with Gasteiger partial charge in [-0.1, -0.05) is 19.8 Å². The van der Waals surface area contributed by atoms with Crippen LogP contribution in [0.5, 0.6) is 0 Å². The Balaban J connectivity index is 2.45. The van der Waals surface area contributed by atoms with E-state index in [1.165, 1.54) is 19.3 Å². The summed E-state index contributed by atoms with van der Waals surface area (Å²) < 4.78 is 5.08. The zero-order valence-corrected chi connectivity index (χ0v) is 10.00. The lowest BCUT2D eigenvalue weighted by molar-refractivity contribution is 0.0739. The zero-order valence-electron chi connectivity index (χ0n) is 10.00. The molecule has 1 aliphatic rings. The van der Waals surface area contributed by atoms with Crippen LogP contribution in [0.4, 0.5) is 4.79 Å². The molecular formula is C12H23NO2. The predicted molar refractivity (Wildman–Crippen MR) is 60.9 cm³/mol. The van der Waals surface area contributed by atoms with Gasteiger partial charge in [-0.15, -0.1) is 0 Å². The highest BCUT2D eigenvalue weighted by molar-refractivity contribution is 5.68. The van der Waals surface area contributed by atoms with Gasteiger partial charge in [-0.25, -0.2) is 4.79 Å². The Morgan fingerprint density at radius 1 is 1.40 bits per heavy atom. The van der Waals surface area contributed by atoms with E-state index >= 15 is 0 Å². The quantitative estimate of drug-likeness (QED) is 0.717. The molecule has 0 aromatic carbocycles. The molecule has 0 bridgehead atoms. The zero-order chi connectivity index (χ0) is 11.1. The van der Waals surface area contributed by atoms with Crippen molar-refractivity contribution >= 4 is 6.09 Å². The lowest BCUT2D eigenvalue weighted by Gasteiger charge is -2.34. The number of rotatable bonds is 4. The number of piperidine rings is 1. The summed E-state index contributed by atoms with van der Waals surface area (Å²) in [4.78, 5) is 13.6. The minimum atomic E-state index is -0.113. The van der Waals surface area contributed by atoms with Crippen molar-refractivity contribution in [1.29, 1.82) is 0 Å². The summed E-state index contributed by atoms with van der Waals surface area (Å²) in [5, 5.41) is 0. The highest BCUT2D eigenvalue weighted by Gasteiger charge is 2.26. The normalized spacial score (nSPS) is 21.5. The fraction of sp³-hybridized carbons (Fsp3) is 0.917. The first-order valence-electron chi connectivity index (χ1n) is 6.23. The van der Waals surface area contributed by atoms with E-state index in [0.717, 1.165) is 25.8 Å². The molecule has 0 N–H and O–H groups in total. The molecule has 1 rings (SSSR count). The van der Waals surface area contributed by atoms with Gasteiger partial charge >= 0.3 is 6.09 Å². The third-order valence-corrected chi connectivity index (χ3v) is 3.02. The average molecular weight is 213 g/mol. The van der Waals surface area contributed by atoms with E-state index in [0.29, 0.717) is 12.6 Å². The van der Waals surface area contributed by atoms with Crippen molar-refractivity contribution in [3.8, 4) is 0 Å². The molecule has 1 aliphatic heterocycles. The van der Waals surface area contributed by atoms with Crippen molar-refractivity contribution in [2.45, 2.75) is 58.4 Å². The molecule has 15 heavy (non-hydrogen) atoms. The van der Waals surface area contributed by atoms with Crippen LogP contribution in [0, 0.1) is 0 Å². The van der Waals surface area contributed by atoms with Crippen LogP contribution in [0.1, 0.15) is 52.4 Å². The van der Waals surface area contributed by atoms with Gasteiger partial charge in [0.15, 0.2) is 0 Å². The molecule has 1 saturated heterocycles. The summed E-state index contributed by atoms with van der Waals surface area (Å²) in [5.41, 5.74) is 0. The molecule has 3 heteroatoms. The number of ether oxygens (including phenoxy) is 1. The molecule has 0 unspecified atom stereocenters. The van der Waals surface area contributed by atoms with Gasteiger partial charge in [0.2, 0.25) is 0 Å². The molecule has 1 fully saturated rings. The third kappa shape index (κ3) is 3.73. The van der Waals surface area contributed by atoms with E-state index < -0.39 is 0 Å². The molecule has 1 heterocycles. The van der Waals surface area contributed by atoms with Crippen LogP contribution in [-0.4, -0.2) is 30.2 Å². The van der Waals surface area contributed by atoms with Crippen molar-refractivity contribution in [2.75, 3.05) is 13.2 Å². The number of nitrogens with zero attached hydrogens (tertiary/aromatic N) is 1. The monoisotopic (exact) mass is 213 g/mol. The van der Waals surface area contributed by atoms with Crippen molar-refractivity contribution in [3.05, 3.63) is 0 Å². The van der Waals surface area contributed by atoms with Gasteiger partial charge in [-0.2, -0.15) is 0 Å². The Bertz CT molecular complexity index is 194. The summed E-state index contributed by atoms with van der Waals surface area (Å²) in [6.45, 7) is 5.42. The second-order valence-electron chi connectivity index (χ2n) is 4.18. The molecule has 3 nitrogen and oxygen atoms in total. The summed E-state index contributed by atoms with van der Waals surface area (Å²) in [6, 6.07) is 0.428. The van der Waals surface area contributed by atoms with Gasteiger partial charge in [-0.3, -0.25) is 0 Å². The number of carbonyl (C=O) groups excluding carboxylic acids is 1. The van der Waals surface area contributed by atoms with Crippen molar-refractivity contribution in [1.82, 2.24) is 4.90 Å². The van der Waals surface area contributed by atoms with Crippen LogP contribution >= 0.6 is 0 Å². The molecule has 0 aromatic heterocycles. The van der Waals surface area contributed by atoms with Crippen LogP contribution in [0.15, 0.2) is 0 Å². The highest BCUT2D eigenvalue weighted by atomic mass is 16.6. The topological polar surface area (TPSA) is 29.5 Å². The number of likely N-dealkylation sites (tertiary alicyclic amines) is 1. The van der Waals surface area contributed by atoms with E-state index in [2.05, 4.69) is 6.92 Å². The molecule has 88 valence electrons. The van der Waals surface area contributed by atoms with Gasteiger partial charge in [0.25, 0.3) is 0 Å². The summed E-state index contributed by atoms with van der Waals surface area (Å²) in [6.07, 6.45) is 6.96. The van der Waals surface area contributed by atoms with Crippen molar-refractivity contribution in [3.63, 3.8) is 0 Å². The lowest BCUT2D eigenvalue weighted by atomic mass is 9.98. The van der Waals surface area contributed by atoms with E-state index in [-0.39, 0.29) is 6.09 Å². The van der Waals surface area contributed by atoms with E-state index in [9.17, 15) is 4.79 Å². The second kappa shape index (κ2) is 6.70. The van der Waals surface area contributed by atoms with Crippen LogP contribution in [0.2, 0.25) is 0 Å². The van der Waals surface area contributed by atoms with E-state index in [4.69, 9.17) is 4.74 Å². The van der Waals surface area contributed by atoms with Crippen LogP contribution in [0.3, 0.4) is 0 Å². The molecular weight excluding hydrogens is 190 g/mol. The number of hydrogen-bond donors (Lipinski definition) is 0. The van der Waals surface area contributed by atoms with E-state index in [1.807, 2.05) is 11.8 Å². The number of unbranched alkanes of at least 4 members (excludes halogenated alkanes) is 1. The molecule has 1 atom stereocenters. The average Bonchev–Trinajstić information content (AvgIpc) is 2.27. The van der Waals surface area contributed by atoms with Gasteiger partial charge in [0.1, 0.15) is 0 Å². The number of carbonyl (C=O) groups is 1. The van der Waals surface area contributed by atoms with Crippen LogP contribution in [-0.2, 0) is 4.74 Å². The smallest absolute Gasteiger partial charge is 0.409 e. The number of amides is 1. The maximum absolute atomic E-state index is 11.7. The predicted octanol–water partition coefficient (Wildman–Crippen LogP) is 3.19. The molecule has 1 amide bonds. The Labute approximate surface area is 92.8 Å². The summed E-state index contributed by atoms with van der Waals surface area (Å²) in [7, 11) is 0. The maximum atomic E-state index is 11.7. The maximum Gasteiger partial charge on any atom is 0.409 e. The Kier molecular flexibility index (Phi) is 5.51. The lowest BCUT2D eigenvalue weighted by Crippen LogP contribution is -2.43. The Hall–Kier alpha value is -0.730. The minimum Gasteiger partial charge on any atom is -0.450 e. The second-order valence-corrected chi connectivity index (χ2v) is 4.18. The van der Waals surface area contributed by atoms with Gasteiger partial charge in [0.05, 0.1) is 6.61 Å².